The van der Waals surface area contributed by atoms with E-state index in [0.29, 0.717) is 5.91 Å². The maximum absolute atomic E-state index is 11.3. The Bertz CT molecular complexity index is 191. The van der Waals surface area contributed by atoms with E-state index in [9.17, 15) is 4.79 Å². The molecule has 1 heterocycles. The largest absolute Gasteiger partial charge is 0.343 e. The van der Waals surface area contributed by atoms with Crippen molar-refractivity contribution < 1.29 is 4.79 Å². The van der Waals surface area contributed by atoms with Crippen molar-refractivity contribution in [2.45, 2.75) is 71.1 Å². The number of carbonyl (C=O) groups is 1. The van der Waals surface area contributed by atoms with E-state index in [-0.39, 0.29) is 0 Å². The van der Waals surface area contributed by atoms with E-state index in [0.717, 1.165) is 25.9 Å². The number of rotatable bonds is 9. The van der Waals surface area contributed by atoms with Gasteiger partial charge in [-0.15, -0.1) is 0 Å². The summed E-state index contributed by atoms with van der Waals surface area (Å²) in [5.74, 6) is 0.378. The van der Waals surface area contributed by atoms with Gasteiger partial charge < -0.3 is 4.90 Å². The maximum Gasteiger partial charge on any atom is 0.222 e. The lowest BCUT2D eigenvalue weighted by Gasteiger charge is -2.14. The Morgan fingerprint density at radius 2 is 1.62 bits per heavy atom. The average molecular weight is 225 g/mol. The first-order valence-corrected chi connectivity index (χ1v) is 7.12. The lowest BCUT2D eigenvalue weighted by molar-refractivity contribution is -0.127. The summed E-state index contributed by atoms with van der Waals surface area (Å²) in [6, 6.07) is 0. The topological polar surface area (TPSA) is 20.3 Å². The van der Waals surface area contributed by atoms with Crippen LogP contribution in [0.2, 0.25) is 0 Å². The van der Waals surface area contributed by atoms with Crippen molar-refractivity contribution in [3.63, 3.8) is 0 Å². The molecule has 0 spiro atoms. The molecule has 16 heavy (non-hydrogen) atoms. The number of nitrogens with zero attached hydrogens (tertiary/aromatic N) is 1. The molecule has 0 saturated carbocycles. The number of carbonyl (C=O) groups excluding carboxylic acids is 1. The molecule has 1 saturated heterocycles. The molecule has 0 N–H and O–H groups in total. The highest BCUT2D eigenvalue weighted by Gasteiger charge is 2.18. The molecular formula is C14H27NO. The molecule has 0 aromatic rings. The zero-order valence-electron chi connectivity index (χ0n) is 10.8. The summed E-state index contributed by atoms with van der Waals surface area (Å²) >= 11 is 0. The SMILES string of the molecule is CCCCCCCCCCN1CCCC1=O. The highest BCUT2D eigenvalue weighted by Crippen LogP contribution is 2.12. The van der Waals surface area contributed by atoms with Crippen LogP contribution in [0.1, 0.15) is 71.1 Å². The summed E-state index contributed by atoms with van der Waals surface area (Å²) in [4.78, 5) is 13.4. The minimum absolute atomic E-state index is 0.378. The molecule has 0 unspecified atom stereocenters. The van der Waals surface area contributed by atoms with Gasteiger partial charge in [-0.3, -0.25) is 4.79 Å². The summed E-state index contributed by atoms with van der Waals surface area (Å²) < 4.78 is 0. The minimum atomic E-state index is 0.378. The van der Waals surface area contributed by atoms with E-state index in [1.807, 2.05) is 4.90 Å². The molecule has 2 heteroatoms. The van der Waals surface area contributed by atoms with Crippen LogP contribution in [0, 0.1) is 0 Å². The first kappa shape index (κ1) is 13.5. The van der Waals surface area contributed by atoms with Crippen molar-refractivity contribution in [1.29, 1.82) is 0 Å². The lowest BCUT2D eigenvalue weighted by atomic mass is 10.1. The third kappa shape index (κ3) is 5.53. The predicted molar refractivity (Wildman–Crippen MR) is 68.4 cm³/mol. The fraction of sp³-hybridized carbons (Fsp3) is 0.929. The normalized spacial score (nSPS) is 16.1. The fourth-order valence-electron chi connectivity index (χ4n) is 2.38. The van der Waals surface area contributed by atoms with Crippen LogP contribution in [-0.4, -0.2) is 23.9 Å². The number of likely N-dealkylation sites (tertiary alicyclic amines) is 1. The third-order valence-electron chi connectivity index (χ3n) is 3.45. The van der Waals surface area contributed by atoms with Crippen LogP contribution < -0.4 is 0 Å². The van der Waals surface area contributed by atoms with E-state index in [2.05, 4.69) is 6.92 Å². The van der Waals surface area contributed by atoms with Gasteiger partial charge in [0.1, 0.15) is 0 Å². The van der Waals surface area contributed by atoms with Gasteiger partial charge in [0.25, 0.3) is 0 Å². The average Bonchev–Trinajstić information content (AvgIpc) is 2.68. The summed E-state index contributed by atoms with van der Waals surface area (Å²) in [6.07, 6.45) is 12.6. The zero-order valence-corrected chi connectivity index (χ0v) is 10.8. The van der Waals surface area contributed by atoms with Gasteiger partial charge in [-0.25, -0.2) is 0 Å². The Hall–Kier alpha value is -0.530. The highest BCUT2D eigenvalue weighted by atomic mass is 16.2. The smallest absolute Gasteiger partial charge is 0.222 e. The molecule has 1 aliphatic heterocycles. The van der Waals surface area contributed by atoms with Crippen LogP contribution in [0.15, 0.2) is 0 Å². The van der Waals surface area contributed by atoms with Crippen molar-refractivity contribution in [1.82, 2.24) is 4.90 Å². The molecule has 0 aromatic heterocycles. The van der Waals surface area contributed by atoms with Gasteiger partial charge in [-0.05, 0) is 12.8 Å². The monoisotopic (exact) mass is 225 g/mol. The molecule has 94 valence electrons. The summed E-state index contributed by atoms with van der Waals surface area (Å²) in [6.45, 7) is 4.27. The number of unbranched alkanes of at least 4 members (excludes halogenated alkanes) is 7. The molecule has 1 aliphatic rings. The van der Waals surface area contributed by atoms with Gasteiger partial charge in [0.2, 0.25) is 5.91 Å². The minimum Gasteiger partial charge on any atom is -0.343 e. The van der Waals surface area contributed by atoms with Gasteiger partial charge in [0, 0.05) is 19.5 Å². The maximum atomic E-state index is 11.3. The molecular weight excluding hydrogens is 198 g/mol. The second kappa shape index (κ2) is 8.60. The highest BCUT2D eigenvalue weighted by molar-refractivity contribution is 5.77. The molecule has 2 nitrogen and oxygen atoms in total. The number of amides is 1. The number of hydrogen-bond donors (Lipinski definition) is 0. The van der Waals surface area contributed by atoms with Crippen molar-refractivity contribution >= 4 is 5.91 Å². The lowest BCUT2D eigenvalue weighted by Crippen LogP contribution is -2.25. The van der Waals surface area contributed by atoms with Gasteiger partial charge in [0.15, 0.2) is 0 Å². The Labute approximate surface area is 100 Å². The van der Waals surface area contributed by atoms with E-state index < -0.39 is 0 Å². The molecule has 0 atom stereocenters. The third-order valence-corrected chi connectivity index (χ3v) is 3.45. The van der Waals surface area contributed by atoms with Gasteiger partial charge in [-0.1, -0.05) is 51.9 Å². The van der Waals surface area contributed by atoms with Crippen LogP contribution in [0.4, 0.5) is 0 Å². The first-order valence-electron chi connectivity index (χ1n) is 7.12. The molecule has 1 amide bonds. The van der Waals surface area contributed by atoms with E-state index >= 15 is 0 Å². The quantitative estimate of drug-likeness (QED) is 0.547. The molecule has 0 radical (unpaired) electrons. The molecule has 0 aromatic carbocycles. The van der Waals surface area contributed by atoms with Crippen LogP contribution in [0.25, 0.3) is 0 Å². The zero-order chi connectivity index (χ0) is 11.6. The van der Waals surface area contributed by atoms with Crippen molar-refractivity contribution in [2.24, 2.45) is 0 Å². The van der Waals surface area contributed by atoms with Gasteiger partial charge in [-0.2, -0.15) is 0 Å². The first-order chi connectivity index (χ1) is 7.84. The van der Waals surface area contributed by atoms with Crippen LogP contribution in [0.5, 0.6) is 0 Å². The van der Waals surface area contributed by atoms with E-state index in [1.165, 1.54) is 51.4 Å². The van der Waals surface area contributed by atoms with E-state index in [4.69, 9.17) is 0 Å². The Morgan fingerprint density at radius 1 is 1.00 bits per heavy atom. The summed E-state index contributed by atoms with van der Waals surface area (Å²) in [5.41, 5.74) is 0. The second-order valence-corrected chi connectivity index (χ2v) is 4.96. The molecule has 1 fully saturated rings. The Kier molecular flexibility index (Phi) is 7.28. The number of hydrogen-bond acceptors (Lipinski definition) is 1. The van der Waals surface area contributed by atoms with Gasteiger partial charge >= 0.3 is 0 Å². The summed E-state index contributed by atoms with van der Waals surface area (Å²) in [7, 11) is 0. The van der Waals surface area contributed by atoms with Crippen molar-refractivity contribution in [2.75, 3.05) is 13.1 Å². The van der Waals surface area contributed by atoms with E-state index in [1.54, 1.807) is 0 Å². The Morgan fingerprint density at radius 3 is 2.19 bits per heavy atom. The van der Waals surface area contributed by atoms with Crippen molar-refractivity contribution in [3.8, 4) is 0 Å². The van der Waals surface area contributed by atoms with Crippen molar-refractivity contribution in [3.05, 3.63) is 0 Å². The summed E-state index contributed by atoms with van der Waals surface area (Å²) in [5, 5.41) is 0. The van der Waals surface area contributed by atoms with Crippen LogP contribution in [-0.2, 0) is 4.79 Å². The van der Waals surface area contributed by atoms with Crippen LogP contribution in [0.3, 0.4) is 0 Å². The molecule has 0 aliphatic carbocycles. The predicted octanol–water partition coefficient (Wildman–Crippen LogP) is 3.75. The Balaban J connectivity index is 1.83. The standard InChI is InChI=1S/C14H27NO/c1-2-3-4-5-6-7-8-9-12-15-13-10-11-14(15)16/h2-13H2,1H3. The second-order valence-electron chi connectivity index (χ2n) is 4.96. The van der Waals surface area contributed by atoms with Crippen LogP contribution >= 0.6 is 0 Å². The molecule has 0 bridgehead atoms. The fourth-order valence-corrected chi connectivity index (χ4v) is 2.38. The molecule has 1 rings (SSSR count). The van der Waals surface area contributed by atoms with Gasteiger partial charge in [0.05, 0.1) is 0 Å².